The molecule has 0 fully saturated rings. The second-order valence-electron chi connectivity index (χ2n) is 7.44. The highest BCUT2D eigenvalue weighted by molar-refractivity contribution is 7.99. The molecule has 0 aromatic heterocycles. The van der Waals surface area contributed by atoms with Crippen LogP contribution in [0.3, 0.4) is 0 Å². The van der Waals surface area contributed by atoms with Crippen molar-refractivity contribution in [2.24, 2.45) is 0 Å². The molecular weight excluding hydrogens is 451 g/mol. The maximum absolute atomic E-state index is 13.2. The third-order valence-corrected chi connectivity index (χ3v) is 6.77. The minimum atomic E-state index is -0.522. The molecule has 0 saturated carbocycles. The van der Waals surface area contributed by atoms with Gasteiger partial charge < -0.3 is 10.2 Å². The van der Waals surface area contributed by atoms with Gasteiger partial charge in [-0.3, -0.25) is 9.59 Å². The molecular formula is C24H30Cl2N2O2S. The molecule has 4 nitrogen and oxygen atoms in total. The predicted molar refractivity (Wildman–Crippen MR) is 132 cm³/mol. The molecule has 2 atom stereocenters. The van der Waals surface area contributed by atoms with E-state index in [0.29, 0.717) is 28.8 Å². The van der Waals surface area contributed by atoms with E-state index in [1.807, 2.05) is 51.1 Å². The second-order valence-corrected chi connectivity index (χ2v) is 9.24. The average molecular weight is 481 g/mol. The Bertz CT molecular complexity index is 844. The molecule has 2 aromatic rings. The fourth-order valence-electron chi connectivity index (χ4n) is 3.13. The third-order valence-electron chi connectivity index (χ3n) is 5.12. The molecule has 0 saturated heterocycles. The van der Waals surface area contributed by atoms with Gasteiger partial charge in [-0.25, -0.2) is 0 Å². The van der Waals surface area contributed by atoms with Gasteiger partial charge >= 0.3 is 0 Å². The molecule has 2 aromatic carbocycles. The van der Waals surface area contributed by atoms with E-state index < -0.39 is 6.04 Å². The smallest absolute Gasteiger partial charge is 0.243 e. The normalized spacial score (nSPS) is 12.8. The van der Waals surface area contributed by atoms with E-state index in [2.05, 4.69) is 5.32 Å². The number of thioether (sulfide) groups is 1. The summed E-state index contributed by atoms with van der Waals surface area (Å²) in [5.41, 5.74) is 1.81. The number of hydrogen-bond acceptors (Lipinski definition) is 3. The molecule has 0 heterocycles. The van der Waals surface area contributed by atoms with E-state index >= 15 is 0 Å². The number of carbonyl (C=O) groups is 2. The lowest BCUT2D eigenvalue weighted by Crippen LogP contribution is -2.51. The number of nitrogens with one attached hydrogen (secondary N) is 1. The first kappa shape index (κ1) is 25.6. The Morgan fingerprint density at radius 1 is 1.00 bits per heavy atom. The number of nitrogens with zero attached hydrogens (tertiary/aromatic N) is 1. The lowest BCUT2D eigenvalue weighted by Gasteiger charge is -2.31. The van der Waals surface area contributed by atoms with Crippen LogP contribution < -0.4 is 5.32 Å². The zero-order valence-electron chi connectivity index (χ0n) is 18.2. The average Bonchev–Trinajstić information content (AvgIpc) is 2.76. The fraction of sp³-hybridized carbons (Fsp3) is 0.417. The monoisotopic (exact) mass is 480 g/mol. The maximum Gasteiger partial charge on any atom is 0.243 e. The number of hydrogen-bond donors (Lipinski definition) is 1. The van der Waals surface area contributed by atoms with Crippen LogP contribution in [-0.2, 0) is 21.9 Å². The largest absolute Gasteiger partial charge is 0.352 e. The molecule has 0 bridgehead atoms. The van der Waals surface area contributed by atoms with Crippen LogP contribution >= 0.6 is 35.0 Å². The van der Waals surface area contributed by atoms with Gasteiger partial charge in [-0.15, -0.1) is 11.8 Å². The Morgan fingerprint density at radius 3 is 2.23 bits per heavy atom. The minimum absolute atomic E-state index is 0.0620. The van der Waals surface area contributed by atoms with Crippen molar-refractivity contribution in [2.45, 2.75) is 58.0 Å². The number of amides is 2. The van der Waals surface area contributed by atoms with Crippen molar-refractivity contribution < 1.29 is 9.59 Å². The van der Waals surface area contributed by atoms with Crippen LogP contribution in [0.1, 0.15) is 44.7 Å². The van der Waals surface area contributed by atoms with Crippen LogP contribution in [0.5, 0.6) is 0 Å². The van der Waals surface area contributed by atoms with Crippen molar-refractivity contribution in [3.63, 3.8) is 0 Å². The van der Waals surface area contributed by atoms with Gasteiger partial charge in [0.1, 0.15) is 6.04 Å². The molecule has 0 spiro atoms. The maximum atomic E-state index is 13.2. The summed E-state index contributed by atoms with van der Waals surface area (Å²) in [4.78, 5) is 27.8. The molecule has 2 rings (SSSR count). The summed E-state index contributed by atoms with van der Waals surface area (Å²) >= 11 is 13.9. The van der Waals surface area contributed by atoms with Crippen molar-refractivity contribution in [1.82, 2.24) is 10.2 Å². The molecule has 0 aliphatic rings. The summed E-state index contributed by atoms with van der Waals surface area (Å²) in [6, 6.07) is 14.7. The van der Waals surface area contributed by atoms with E-state index in [-0.39, 0.29) is 23.6 Å². The Morgan fingerprint density at radius 2 is 1.65 bits per heavy atom. The van der Waals surface area contributed by atoms with E-state index in [0.717, 1.165) is 17.5 Å². The molecule has 0 unspecified atom stereocenters. The van der Waals surface area contributed by atoms with Crippen LogP contribution in [0.15, 0.2) is 48.5 Å². The van der Waals surface area contributed by atoms with E-state index in [1.165, 1.54) is 11.8 Å². The van der Waals surface area contributed by atoms with Gasteiger partial charge in [0.25, 0.3) is 0 Å². The van der Waals surface area contributed by atoms with Crippen molar-refractivity contribution in [1.29, 1.82) is 0 Å². The molecule has 2 amide bonds. The molecule has 0 aliphatic heterocycles. The summed E-state index contributed by atoms with van der Waals surface area (Å²) in [5.74, 6) is 0.573. The summed E-state index contributed by atoms with van der Waals surface area (Å²) in [6.45, 7) is 6.31. The van der Waals surface area contributed by atoms with Gasteiger partial charge in [0.05, 0.1) is 5.75 Å². The van der Waals surface area contributed by atoms with Crippen LogP contribution in [0, 0.1) is 0 Å². The standard InChI is InChI=1S/C24H30Cl2N2O2S/c1-4-17(3)27-24(30)22(5-2)28(14-18-10-7-6-8-11-18)23(29)16-31-15-19-20(25)12-9-13-21(19)26/h6-13,17,22H,4-5,14-16H2,1-3H3,(H,27,30)/t17-,22+/m0/s1. The fourth-order valence-corrected chi connectivity index (χ4v) is 4.78. The van der Waals surface area contributed by atoms with Crippen LogP contribution in [-0.4, -0.2) is 34.6 Å². The zero-order valence-corrected chi connectivity index (χ0v) is 20.6. The predicted octanol–water partition coefficient (Wildman–Crippen LogP) is 5.95. The lowest BCUT2D eigenvalue weighted by molar-refractivity contribution is -0.139. The van der Waals surface area contributed by atoms with Gasteiger partial charge in [0.15, 0.2) is 0 Å². The minimum Gasteiger partial charge on any atom is -0.352 e. The quantitative estimate of drug-likeness (QED) is 0.432. The van der Waals surface area contributed by atoms with E-state index in [9.17, 15) is 9.59 Å². The Balaban J connectivity index is 2.14. The Kier molecular flexibility index (Phi) is 10.7. The van der Waals surface area contributed by atoms with E-state index in [1.54, 1.807) is 23.1 Å². The van der Waals surface area contributed by atoms with Gasteiger partial charge in [0, 0.05) is 28.4 Å². The molecule has 168 valence electrons. The lowest BCUT2D eigenvalue weighted by atomic mass is 10.1. The molecule has 0 aliphatic carbocycles. The highest BCUT2D eigenvalue weighted by Gasteiger charge is 2.29. The van der Waals surface area contributed by atoms with Gasteiger partial charge in [0.2, 0.25) is 11.8 Å². The molecule has 0 radical (unpaired) electrons. The Labute approximate surface area is 199 Å². The van der Waals surface area contributed by atoms with Gasteiger partial charge in [-0.2, -0.15) is 0 Å². The highest BCUT2D eigenvalue weighted by atomic mass is 35.5. The van der Waals surface area contributed by atoms with E-state index in [4.69, 9.17) is 23.2 Å². The van der Waals surface area contributed by atoms with Crippen LogP contribution in [0.4, 0.5) is 0 Å². The SMILES string of the molecule is CC[C@H](C(=O)N[C@@H](C)CC)N(Cc1ccccc1)C(=O)CSCc1c(Cl)cccc1Cl. The van der Waals surface area contributed by atoms with Crippen molar-refractivity contribution in [2.75, 3.05) is 5.75 Å². The number of carbonyl (C=O) groups excluding carboxylic acids is 2. The van der Waals surface area contributed by atoms with Crippen molar-refractivity contribution >= 4 is 46.8 Å². The first-order chi connectivity index (χ1) is 14.9. The number of benzene rings is 2. The first-order valence-electron chi connectivity index (χ1n) is 10.5. The summed E-state index contributed by atoms with van der Waals surface area (Å²) in [6.07, 6.45) is 1.38. The molecule has 7 heteroatoms. The third kappa shape index (κ3) is 7.74. The molecule has 1 N–H and O–H groups in total. The summed E-state index contributed by atoms with van der Waals surface area (Å²) < 4.78 is 0. The highest BCUT2D eigenvalue weighted by Crippen LogP contribution is 2.28. The molecule has 31 heavy (non-hydrogen) atoms. The number of halogens is 2. The summed E-state index contributed by atoms with van der Waals surface area (Å²) in [7, 11) is 0. The zero-order chi connectivity index (χ0) is 22.8. The second kappa shape index (κ2) is 13.0. The van der Waals surface area contributed by atoms with Crippen LogP contribution in [0.25, 0.3) is 0 Å². The van der Waals surface area contributed by atoms with Gasteiger partial charge in [-0.05, 0) is 43.0 Å². The summed E-state index contributed by atoms with van der Waals surface area (Å²) in [5, 5.41) is 4.21. The van der Waals surface area contributed by atoms with Crippen molar-refractivity contribution in [3.8, 4) is 0 Å². The number of rotatable bonds is 11. The van der Waals surface area contributed by atoms with Crippen molar-refractivity contribution in [3.05, 3.63) is 69.7 Å². The first-order valence-corrected chi connectivity index (χ1v) is 12.4. The van der Waals surface area contributed by atoms with Gasteiger partial charge in [-0.1, -0.05) is 73.4 Å². The van der Waals surface area contributed by atoms with Crippen LogP contribution in [0.2, 0.25) is 10.0 Å². The topological polar surface area (TPSA) is 49.4 Å². The Hall–Kier alpha value is -1.69.